The first-order chi connectivity index (χ1) is 15.1. The van der Waals surface area contributed by atoms with Gasteiger partial charge in [0.05, 0.1) is 6.61 Å². The van der Waals surface area contributed by atoms with Crippen LogP contribution >= 0.6 is 0 Å². The summed E-state index contributed by atoms with van der Waals surface area (Å²) in [6.45, 7) is 0.574. The number of aryl methyl sites for hydroxylation is 2. The molecule has 0 saturated carbocycles. The smallest absolute Gasteiger partial charge is 0.159 e. The van der Waals surface area contributed by atoms with Crippen LogP contribution in [0, 0.1) is 23.5 Å². The first kappa shape index (κ1) is 20.7. The monoisotopic (exact) mass is 413 g/mol. The second-order valence-electron chi connectivity index (χ2n) is 7.37. The van der Waals surface area contributed by atoms with Gasteiger partial charge >= 0.3 is 0 Å². The standard InChI is InChI=1S/C27H21F2NO/c1-31-18-22-10-13-25(30-17-22)12-9-20-4-2-19(3-5-20)6-7-21-8-11-23-15-26(28)27(29)16-24(23)14-21/h2-5,8,10-11,13-17H,9,12,18H2,1H3. The Hall–Kier alpha value is -3.55. The van der Waals surface area contributed by atoms with E-state index in [0.717, 1.165) is 35.2 Å². The van der Waals surface area contributed by atoms with Gasteiger partial charge in [-0.25, -0.2) is 8.78 Å². The molecule has 1 heterocycles. The quantitative estimate of drug-likeness (QED) is 0.383. The van der Waals surface area contributed by atoms with Gasteiger partial charge in [-0.05, 0) is 77.2 Å². The van der Waals surface area contributed by atoms with Crippen LogP contribution in [0.4, 0.5) is 8.78 Å². The molecule has 1 aromatic heterocycles. The number of fused-ring (bicyclic) bond motifs is 1. The maximum Gasteiger partial charge on any atom is 0.159 e. The van der Waals surface area contributed by atoms with Crippen molar-refractivity contribution in [3.63, 3.8) is 0 Å². The molecular formula is C27H21F2NO. The van der Waals surface area contributed by atoms with Crippen LogP contribution in [0.3, 0.4) is 0 Å². The van der Waals surface area contributed by atoms with E-state index in [4.69, 9.17) is 4.74 Å². The Morgan fingerprint density at radius 2 is 1.42 bits per heavy atom. The molecule has 0 bridgehead atoms. The van der Waals surface area contributed by atoms with Crippen LogP contribution in [0.2, 0.25) is 0 Å². The first-order valence-electron chi connectivity index (χ1n) is 10.0. The maximum absolute atomic E-state index is 13.5. The number of hydrogen-bond acceptors (Lipinski definition) is 2. The highest BCUT2D eigenvalue weighted by Crippen LogP contribution is 2.19. The highest BCUT2D eigenvalue weighted by molar-refractivity contribution is 5.84. The molecule has 0 fully saturated rings. The summed E-state index contributed by atoms with van der Waals surface area (Å²) >= 11 is 0. The predicted molar refractivity (Wildman–Crippen MR) is 119 cm³/mol. The average molecular weight is 413 g/mol. The van der Waals surface area contributed by atoms with E-state index in [2.05, 4.69) is 29.0 Å². The number of methoxy groups -OCH3 is 1. The molecule has 0 N–H and O–H groups in total. The molecule has 0 amide bonds. The summed E-state index contributed by atoms with van der Waals surface area (Å²) in [5, 5.41) is 1.28. The molecule has 154 valence electrons. The van der Waals surface area contributed by atoms with Gasteiger partial charge in [-0.3, -0.25) is 4.98 Å². The van der Waals surface area contributed by atoms with Crippen molar-refractivity contribution in [2.24, 2.45) is 0 Å². The Morgan fingerprint density at radius 1 is 0.742 bits per heavy atom. The number of pyridine rings is 1. The molecule has 31 heavy (non-hydrogen) atoms. The molecule has 0 unspecified atom stereocenters. The summed E-state index contributed by atoms with van der Waals surface area (Å²) in [4.78, 5) is 4.48. The predicted octanol–water partition coefficient (Wildman–Crippen LogP) is 5.84. The van der Waals surface area contributed by atoms with Gasteiger partial charge in [0, 0.05) is 30.1 Å². The third-order valence-corrected chi connectivity index (χ3v) is 5.05. The van der Waals surface area contributed by atoms with Crippen LogP contribution in [0.25, 0.3) is 10.8 Å². The van der Waals surface area contributed by atoms with Crippen molar-refractivity contribution in [2.45, 2.75) is 19.4 Å². The molecule has 4 aromatic rings. The van der Waals surface area contributed by atoms with E-state index in [-0.39, 0.29) is 0 Å². The lowest BCUT2D eigenvalue weighted by atomic mass is 10.0. The zero-order chi connectivity index (χ0) is 21.6. The summed E-state index contributed by atoms with van der Waals surface area (Å²) in [6.07, 6.45) is 3.62. The molecule has 0 radical (unpaired) electrons. The third-order valence-electron chi connectivity index (χ3n) is 5.05. The topological polar surface area (TPSA) is 22.1 Å². The first-order valence-corrected chi connectivity index (χ1v) is 10.0. The molecule has 3 aromatic carbocycles. The van der Waals surface area contributed by atoms with Crippen molar-refractivity contribution in [3.05, 3.63) is 113 Å². The number of ether oxygens (including phenoxy) is 1. The Morgan fingerprint density at radius 3 is 2.13 bits per heavy atom. The fraction of sp³-hybridized carbons (Fsp3) is 0.148. The lowest BCUT2D eigenvalue weighted by molar-refractivity contribution is 0.184. The van der Waals surface area contributed by atoms with Gasteiger partial charge in [0.25, 0.3) is 0 Å². The largest absolute Gasteiger partial charge is 0.380 e. The zero-order valence-electron chi connectivity index (χ0n) is 17.2. The van der Waals surface area contributed by atoms with Crippen molar-refractivity contribution in [1.82, 2.24) is 4.98 Å². The maximum atomic E-state index is 13.5. The minimum Gasteiger partial charge on any atom is -0.380 e. The summed E-state index contributed by atoms with van der Waals surface area (Å²) in [5.74, 6) is 4.53. The van der Waals surface area contributed by atoms with Gasteiger partial charge in [0.1, 0.15) is 0 Å². The fourth-order valence-corrected chi connectivity index (χ4v) is 3.35. The average Bonchev–Trinajstić information content (AvgIpc) is 2.79. The Bertz CT molecular complexity index is 1250. The van der Waals surface area contributed by atoms with Crippen molar-refractivity contribution in [3.8, 4) is 11.8 Å². The number of hydrogen-bond donors (Lipinski definition) is 0. The molecular weight excluding hydrogens is 392 g/mol. The molecule has 4 heteroatoms. The second kappa shape index (κ2) is 9.51. The molecule has 0 aliphatic heterocycles. The second-order valence-corrected chi connectivity index (χ2v) is 7.37. The minimum atomic E-state index is -0.852. The van der Waals surface area contributed by atoms with Gasteiger partial charge < -0.3 is 4.74 Å². The van der Waals surface area contributed by atoms with Gasteiger partial charge in [-0.1, -0.05) is 36.1 Å². The lowest BCUT2D eigenvalue weighted by Gasteiger charge is -2.04. The van der Waals surface area contributed by atoms with Crippen LogP contribution in [0.1, 0.15) is 27.9 Å². The lowest BCUT2D eigenvalue weighted by Crippen LogP contribution is -1.96. The van der Waals surface area contributed by atoms with Crippen LogP contribution in [-0.2, 0) is 24.2 Å². The van der Waals surface area contributed by atoms with Crippen molar-refractivity contribution in [2.75, 3.05) is 7.11 Å². The molecule has 0 spiro atoms. The summed E-state index contributed by atoms with van der Waals surface area (Å²) in [7, 11) is 1.67. The van der Waals surface area contributed by atoms with E-state index in [9.17, 15) is 8.78 Å². The van der Waals surface area contributed by atoms with Crippen LogP contribution in [0.5, 0.6) is 0 Å². The summed E-state index contributed by atoms with van der Waals surface area (Å²) in [5.41, 5.74) is 4.99. The van der Waals surface area contributed by atoms with E-state index >= 15 is 0 Å². The molecule has 0 aliphatic rings. The minimum absolute atomic E-state index is 0.574. The van der Waals surface area contributed by atoms with E-state index < -0.39 is 11.6 Å². The Kier molecular flexibility index (Phi) is 6.35. The highest BCUT2D eigenvalue weighted by Gasteiger charge is 2.04. The van der Waals surface area contributed by atoms with Crippen molar-refractivity contribution in [1.29, 1.82) is 0 Å². The normalized spacial score (nSPS) is 10.7. The third kappa shape index (κ3) is 5.33. The summed E-state index contributed by atoms with van der Waals surface area (Å²) in [6, 6.07) is 19.9. The number of rotatable bonds is 5. The summed E-state index contributed by atoms with van der Waals surface area (Å²) < 4.78 is 31.9. The SMILES string of the molecule is COCc1ccc(CCc2ccc(C#Cc3ccc4cc(F)c(F)cc4c3)cc2)nc1. The molecule has 0 aliphatic carbocycles. The number of benzene rings is 3. The number of nitrogens with zero attached hydrogens (tertiary/aromatic N) is 1. The van der Waals surface area contributed by atoms with Crippen molar-refractivity contribution >= 4 is 10.8 Å². The highest BCUT2D eigenvalue weighted by atomic mass is 19.2. The van der Waals surface area contributed by atoms with E-state index in [1.165, 1.54) is 17.7 Å². The Balaban J connectivity index is 1.40. The molecule has 0 saturated heterocycles. The van der Waals surface area contributed by atoms with Crippen LogP contribution < -0.4 is 0 Å². The fourth-order valence-electron chi connectivity index (χ4n) is 3.35. The van der Waals surface area contributed by atoms with Crippen LogP contribution in [-0.4, -0.2) is 12.1 Å². The van der Waals surface area contributed by atoms with Gasteiger partial charge in [0.15, 0.2) is 11.6 Å². The van der Waals surface area contributed by atoms with E-state index in [0.29, 0.717) is 17.4 Å². The van der Waals surface area contributed by atoms with Crippen LogP contribution in [0.15, 0.2) is 72.9 Å². The molecule has 4 rings (SSSR count). The number of aromatic nitrogens is 1. The number of halogens is 2. The molecule has 0 atom stereocenters. The van der Waals surface area contributed by atoms with E-state index in [1.54, 1.807) is 19.2 Å². The van der Waals surface area contributed by atoms with Crippen molar-refractivity contribution < 1.29 is 13.5 Å². The zero-order valence-corrected chi connectivity index (χ0v) is 17.2. The van der Waals surface area contributed by atoms with Gasteiger partial charge in [0.2, 0.25) is 0 Å². The van der Waals surface area contributed by atoms with Gasteiger partial charge in [-0.2, -0.15) is 0 Å². The van der Waals surface area contributed by atoms with E-state index in [1.807, 2.05) is 36.5 Å². The Labute approximate surface area is 180 Å². The van der Waals surface area contributed by atoms with Gasteiger partial charge in [-0.15, -0.1) is 0 Å². The molecule has 2 nitrogen and oxygen atoms in total.